The first-order chi connectivity index (χ1) is 19.7. The molecule has 0 saturated carbocycles. The largest absolute Gasteiger partial charge is 0.493 e. The Hall–Kier alpha value is -4.66. The van der Waals surface area contributed by atoms with Crippen LogP contribution in [0.5, 0.6) is 28.7 Å². The normalized spacial score (nSPS) is 11.6. The Labute approximate surface area is 241 Å². The van der Waals surface area contributed by atoms with Crippen LogP contribution in [0.2, 0.25) is 0 Å². The maximum atomic E-state index is 13.1. The molecule has 0 aliphatic rings. The van der Waals surface area contributed by atoms with Crippen molar-refractivity contribution in [2.45, 2.75) is 20.0 Å². The van der Waals surface area contributed by atoms with Gasteiger partial charge in [0.05, 0.1) is 21.3 Å². The van der Waals surface area contributed by atoms with Gasteiger partial charge in [-0.05, 0) is 49.8 Å². The molecule has 2 rings (SSSR count). The van der Waals surface area contributed by atoms with Crippen molar-refractivity contribution in [2.75, 3.05) is 41.2 Å². The van der Waals surface area contributed by atoms with Crippen LogP contribution in [0, 0.1) is 5.41 Å². The molecule has 2 aromatic carbocycles. The Morgan fingerprint density at radius 1 is 0.805 bits per heavy atom. The third-order valence-corrected chi connectivity index (χ3v) is 5.83. The van der Waals surface area contributed by atoms with E-state index in [4.69, 9.17) is 33.2 Å². The molecule has 0 aliphatic carbocycles. The number of benzene rings is 2. The monoisotopic (exact) mass is 566 g/mol. The van der Waals surface area contributed by atoms with Crippen molar-refractivity contribution < 1.29 is 42.7 Å². The maximum Gasteiger partial charge on any atom is 0.331 e. The molecule has 9 nitrogen and oxygen atoms in total. The molecule has 0 bridgehead atoms. The van der Waals surface area contributed by atoms with E-state index in [1.54, 1.807) is 68.5 Å². The Kier molecular flexibility index (Phi) is 12.6. The summed E-state index contributed by atoms with van der Waals surface area (Å²) in [5, 5.41) is 0. The number of hydrogen-bond acceptors (Lipinski definition) is 9. The Bertz CT molecular complexity index is 1230. The molecule has 0 N–H and O–H groups in total. The summed E-state index contributed by atoms with van der Waals surface area (Å²) < 4.78 is 39.0. The quantitative estimate of drug-likeness (QED) is 0.132. The molecular weight excluding hydrogens is 528 g/mol. The third-order valence-electron chi connectivity index (χ3n) is 5.83. The Morgan fingerprint density at radius 3 is 1.90 bits per heavy atom. The van der Waals surface area contributed by atoms with Gasteiger partial charge in [0.2, 0.25) is 5.75 Å². The fourth-order valence-corrected chi connectivity index (χ4v) is 3.82. The summed E-state index contributed by atoms with van der Waals surface area (Å²) >= 11 is 0. The molecule has 1 atom stereocenters. The predicted octanol–water partition coefficient (Wildman–Crippen LogP) is 5.90. The first kappa shape index (κ1) is 32.6. The van der Waals surface area contributed by atoms with Crippen LogP contribution in [0.4, 0.5) is 0 Å². The number of rotatable bonds is 17. The van der Waals surface area contributed by atoms with Gasteiger partial charge in [-0.2, -0.15) is 0 Å². The molecule has 41 heavy (non-hydrogen) atoms. The second-order valence-electron chi connectivity index (χ2n) is 9.12. The first-order valence-electron chi connectivity index (χ1n) is 12.7. The molecule has 1 unspecified atom stereocenters. The van der Waals surface area contributed by atoms with E-state index >= 15 is 0 Å². The van der Waals surface area contributed by atoms with Crippen LogP contribution in [0.3, 0.4) is 0 Å². The lowest BCUT2D eigenvalue weighted by Gasteiger charge is -2.32. The SMILES string of the molecule is C=CCOc1ccc(/C=C/C(=O)OC(c2cc(OC)c(OCC=C)c(OC)c2)C(C)(C)C(=O)OC)cc1OCC=C. The van der Waals surface area contributed by atoms with E-state index in [1.165, 1.54) is 27.4 Å². The third kappa shape index (κ3) is 8.66. The first-order valence-corrected chi connectivity index (χ1v) is 12.7. The molecule has 0 saturated heterocycles. The maximum absolute atomic E-state index is 13.1. The van der Waals surface area contributed by atoms with E-state index in [-0.39, 0.29) is 13.2 Å². The summed E-state index contributed by atoms with van der Waals surface area (Å²) in [4.78, 5) is 25.9. The minimum Gasteiger partial charge on any atom is -0.493 e. The van der Waals surface area contributed by atoms with Gasteiger partial charge in [0, 0.05) is 11.6 Å². The standard InChI is InChI=1S/C32H38O9/c1-9-16-38-24-14-12-22(19-25(24)39-17-10-2)13-15-28(33)41-30(32(4,5)31(34)37-8)23-20-26(35-6)29(40-18-11-3)27(21-23)36-7/h9-15,19-21,30H,1-3,16-18H2,4-8H3/b15-13+. The molecule has 220 valence electrons. The van der Waals surface area contributed by atoms with E-state index in [1.807, 2.05) is 0 Å². The molecule has 0 aromatic heterocycles. The molecule has 0 spiro atoms. The lowest BCUT2D eigenvalue weighted by molar-refractivity contribution is -0.166. The van der Waals surface area contributed by atoms with Crippen LogP contribution in [0.25, 0.3) is 6.08 Å². The van der Waals surface area contributed by atoms with E-state index < -0.39 is 23.5 Å². The average Bonchev–Trinajstić information content (AvgIpc) is 2.98. The van der Waals surface area contributed by atoms with Crippen LogP contribution in [-0.4, -0.2) is 53.1 Å². The number of ether oxygens (including phenoxy) is 7. The highest BCUT2D eigenvalue weighted by Gasteiger charge is 2.42. The summed E-state index contributed by atoms with van der Waals surface area (Å²) in [5.41, 5.74) is -0.193. The highest BCUT2D eigenvalue weighted by atomic mass is 16.6. The van der Waals surface area contributed by atoms with Gasteiger partial charge in [-0.1, -0.05) is 44.0 Å². The highest BCUT2D eigenvalue weighted by Crippen LogP contribution is 2.45. The van der Waals surface area contributed by atoms with Gasteiger partial charge in [-0.25, -0.2) is 4.79 Å². The lowest BCUT2D eigenvalue weighted by Crippen LogP contribution is -2.35. The minimum atomic E-state index is -1.28. The second kappa shape index (κ2) is 15.8. The number of carbonyl (C=O) groups is 2. The molecule has 0 radical (unpaired) electrons. The van der Waals surface area contributed by atoms with Crippen LogP contribution in [0.15, 0.2) is 74.4 Å². The highest BCUT2D eigenvalue weighted by molar-refractivity contribution is 5.88. The number of methoxy groups -OCH3 is 3. The number of hydrogen-bond donors (Lipinski definition) is 0. The van der Waals surface area contributed by atoms with Crippen molar-refractivity contribution in [1.29, 1.82) is 0 Å². The van der Waals surface area contributed by atoms with Gasteiger partial charge < -0.3 is 33.2 Å². The van der Waals surface area contributed by atoms with E-state index in [0.717, 1.165) is 0 Å². The molecule has 0 aliphatic heterocycles. The van der Waals surface area contributed by atoms with E-state index in [0.29, 0.717) is 46.5 Å². The molecule has 0 heterocycles. The summed E-state index contributed by atoms with van der Waals surface area (Å²) in [6, 6.07) is 8.46. The predicted molar refractivity (Wildman–Crippen MR) is 157 cm³/mol. The fraction of sp³-hybridized carbons (Fsp3) is 0.312. The van der Waals surface area contributed by atoms with Crippen LogP contribution < -0.4 is 23.7 Å². The smallest absolute Gasteiger partial charge is 0.331 e. The summed E-state index contributed by atoms with van der Waals surface area (Å²) in [6.45, 7) is 15.0. The molecular formula is C32H38O9. The molecule has 0 amide bonds. The van der Waals surface area contributed by atoms with Crippen molar-refractivity contribution in [2.24, 2.45) is 5.41 Å². The van der Waals surface area contributed by atoms with Gasteiger partial charge in [0.15, 0.2) is 23.0 Å². The lowest BCUT2D eigenvalue weighted by atomic mass is 9.82. The minimum absolute atomic E-state index is 0.213. The molecule has 0 fully saturated rings. The summed E-state index contributed by atoms with van der Waals surface area (Å²) in [7, 11) is 4.20. The molecule has 2 aromatic rings. The van der Waals surface area contributed by atoms with Gasteiger partial charge in [-0.3, -0.25) is 4.79 Å². The van der Waals surface area contributed by atoms with Crippen LogP contribution in [-0.2, 0) is 19.1 Å². The Balaban J connectivity index is 2.45. The van der Waals surface area contributed by atoms with Crippen molar-refractivity contribution >= 4 is 18.0 Å². The topological polar surface area (TPSA) is 98.8 Å². The second-order valence-corrected chi connectivity index (χ2v) is 9.12. The number of carbonyl (C=O) groups excluding carboxylic acids is 2. The average molecular weight is 567 g/mol. The van der Waals surface area contributed by atoms with Crippen LogP contribution in [0.1, 0.15) is 31.1 Å². The van der Waals surface area contributed by atoms with E-state index in [2.05, 4.69) is 19.7 Å². The van der Waals surface area contributed by atoms with Crippen molar-refractivity contribution in [3.63, 3.8) is 0 Å². The fourth-order valence-electron chi connectivity index (χ4n) is 3.82. The van der Waals surface area contributed by atoms with Gasteiger partial charge >= 0.3 is 11.9 Å². The summed E-state index contributed by atoms with van der Waals surface area (Å²) in [6.07, 6.45) is 6.57. The zero-order valence-corrected chi connectivity index (χ0v) is 24.3. The zero-order chi connectivity index (χ0) is 30.4. The van der Waals surface area contributed by atoms with Gasteiger partial charge in [0.1, 0.15) is 31.3 Å². The van der Waals surface area contributed by atoms with Crippen molar-refractivity contribution in [3.05, 3.63) is 85.5 Å². The van der Waals surface area contributed by atoms with E-state index in [9.17, 15) is 9.59 Å². The Morgan fingerprint density at radius 2 is 1.37 bits per heavy atom. The van der Waals surface area contributed by atoms with Gasteiger partial charge in [0.25, 0.3) is 0 Å². The zero-order valence-electron chi connectivity index (χ0n) is 24.3. The molecule has 9 heteroatoms. The van der Waals surface area contributed by atoms with Gasteiger partial charge in [-0.15, -0.1) is 0 Å². The van der Waals surface area contributed by atoms with Crippen molar-refractivity contribution in [1.82, 2.24) is 0 Å². The summed E-state index contributed by atoms with van der Waals surface area (Å²) in [5.74, 6) is 0.712. The number of esters is 2. The van der Waals surface area contributed by atoms with Crippen LogP contribution >= 0.6 is 0 Å². The van der Waals surface area contributed by atoms with Crippen molar-refractivity contribution in [3.8, 4) is 28.7 Å².